The molecule has 1 unspecified atom stereocenters. The minimum Gasteiger partial charge on any atom is -0.490 e. The van der Waals surface area contributed by atoms with Crippen LogP contribution in [-0.4, -0.2) is 50.7 Å². The minimum absolute atomic E-state index is 0.0293. The van der Waals surface area contributed by atoms with Crippen molar-refractivity contribution in [2.45, 2.75) is 59.4 Å². The predicted octanol–water partition coefficient (Wildman–Crippen LogP) is 3.50. The number of amides is 1. The molecule has 1 amide bonds. The quantitative estimate of drug-likeness (QED) is 0.569. The maximum atomic E-state index is 12.7. The van der Waals surface area contributed by atoms with Gasteiger partial charge in [0.2, 0.25) is 15.9 Å². The molecule has 0 spiro atoms. The molecule has 170 valence electrons. The van der Waals surface area contributed by atoms with E-state index in [0.29, 0.717) is 44.9 Å². The third kappa shape index (κ3) is 6.60. The lowest BCUT2D eigenvalue weighted by Crippen LogP contribution is -2.43. The molecule has 8 heteroatoms. The number of rotatable bonds is 11. The number of piperidine rings is 1. The van der Waals surface area contributed by atoms with Crippen molar-refractivity contribution in [3.05, 3.63) is 23.8 Å². The number of benzene rings is 1. The number of carbonyl (C=O) groups excluding carboxylic acids is 1. The maximum absolute atomic E-state index is 12.7. The van der Waals surface area contributed by atoms with Gasteiger partial charge in [0.1, 0.15) is 0 Å². The van der Waals surface area contributed by atoms with Gasteiger partial charge in [0.25, 0.3) is 0 Å². The highest BCUT2D eigenvalue weighted by molar-refractivity contribution is 7.89. The van der Waals surface area contributed by atoms with Gasteiger partial charge in [0.05, 0.1) is 25.0 Å². The van der Waals surface area contributed by atoms with Crippen molar-refractivity contribution >= 4 is 15.9 Å². The van der Waals surface area contributed by atoms with Crippen molar-refractivity contribution in [1.29, 1.82) is 0 Å². The van der Waals surface area contributed by atoms with Gasteiger partial charge in [-0.25, -0.2) is 12.7 Å². The molecule has 7 nitrogen and oxygen atoms in total. The summed E-state index contributed by atoms with van der Waals surface area (Å²) in [6.45, 7) is 9.73. The van der Waals surface area contributed by atoms with Crippen LogP contribution in [0.4, 0.5) is 0 Å². The van der Waals surface area contributed by atoms with E-state index in [-0.39, 0.29) is 23.6 Å². The number of hydrogen-bond donors (Lipinski definition) is 1. The number of hydrogen-bond acceptors (Lipinski definition) is 5. The number of carbonyl (C=O) groups is 1. The summed E-state index contributed by atoms with van der Waals surface area (Å²) in [5, 5.41) is 3.08. The Hall–Kier alpha value is -1.80. The Kier molecular flexibility index (Phi) is 9.42. The molecule has 1 N–H and O–H groups in total. The van der Waals surface area contributed by atoms with E-state index >= 15 is 0 Å². The molecule has 1 heterocycles. The van der Waals surface area contributed by atoms with Gasteiger partial charge >= 0.3 is 0 Å². The minimum atomic E-state index is -3.18. The van der Waals surface area contributed by atoms with Crippen molar-refractivity contribution < 1.29 is 22.7 Å². The average Bonchev–Trinajstić information content (AvgIpc) is 2.76. The monoisotopic (exact) mass is 440 g/mol. The summed E-state index contributed by atoms with van der Waals surface area (Å²) in [6.07, 6.45) is 2.91. The third-order valence-corrected chi connectivity index (χ3v) is 7.21. The van der Waals surface area contributed by atoms with E-state index in [1.165, 1.54) is 4.31 Å². The summed E-state index contributed by atoms with van der Waals surface area (Å²) in [5.41, 5.74) is 0.948. The Morgan fingerprint density at radius 1 is 1.10 bits per heavy atom. The first-order valence-corrected chi connectivity index (χ1v) is 12.6. The van der Waals surface area contributed by atoms with Gasteiger partial charge in [-0.1, -0.05) is 19.9 Å². The standard InChI is InChI=1S/C22H36N2O5S/c1-5-14-28-20-9-8-19(16-21(20)29-15-6-2)17(4)23-22(25)18-10-12-24(13-11-18)30(26,27)7-3/h8-9,16-18H,5-7,10-15H2,1-4H3,(H,23,25). The molecule has 30 heavy (non-hydrogen) atoms. The molecule has 1 aromatic carbocycles. The van der Waals surface area contributed by atoms with Crippen LogP contribution in [0.25, 0.3) is 0 Å². The fraction of sp³-hybridized carbons (Fsp3) is 0.682. The Morgan fingerprint density at radius 2 is 1.70 bits per heavy atom. The number of nitrogens with zero attached hydrogens (tertiary/aromatic N) is 1. The Balaban J connectivity index is 1.99. The Labute approximate surface area is 181 Å². The van der Waals surface area contributed by atoms with Crippen LogP contribution in [0.15, 0.2) is 18.2 Å². The summed E-state index contributed by atoms with van der Waals surface area (Å²) in [6, 6.07) is 5.60. The molecule has 0 aromatic heterocycles. The van der Waals surface area contributed by atoms with E-state index in [9.17, 15) is 13.2 Å². The zero-order valence-corrected chi connectivity index (χ0v) is 19.5. The Morgan fingerprint density at radius 3 is 2.27 bits per heavy atom. The van der Waals surface area contributed by atoms with Crippen molar-refractivity contribution in [2.75, 3.05) is 32.1 Å². The highest BCUT2D eigenvalue weighted by Gasteiger charge is 2.30. The summed E-state index contributed by atoms with van der Waals surface area (Å²) >= 11 is 0. The summed E-state index contributed by atoms with van der Waals surface area (Å²) < 4.78 is 37.1. The molecule has 1 saturated heterocycles. The molecule has 2 rings (SSSR count). The number of ether oxygens (including phenoxy) is 2. The molecule has 1 aliphatic rings. The molecule has 0 bridgehead atoms. The van der Waals surface area contributed by atoms with Crippen LogP contribution >= 0.6 is 0 Å². The Bertz CT molecular complexity index is 789. The first-order chi connectivity index (χ1) is 14.3. The largest absolute Gasteiger partial charge is 0.490 e. The summed E-state index contributed by atoms with van der Waals surface area (Å²) in [5.74, 6) is 1.32. The zero-order chi connectivity index (χ0) is 22.1. The van der Waals surface area contributed by atoms with Gasteiger partial charge in [-0.3, -0.25) is 4.79 Å². The zero-order valence-electron chi connectivity index (χ0n) is 18.6. The van der Waals surface area contributed by atoms with Gasteiger partial charge < -0.3 is 14.8 Å². The first kappa shape index (κ1) is 24.5. The van der Waals surface area contributed by atoms with Gasteiger partial charge in [-0.05, 0) is 57.2 Å². The molecular weight excluding hydrogens is 404 g/mol. The second kappa shape index (κ2) is 11.6. The molecule has 0 radical (unpaired) electrons. The van der Waals surface area contributed by atoms with Gasteiger partial charge in [0.15, 0.2) is 11.5 Å². The first-order valence-electron chi connectivity index (χ1n) is 11.0. The second-order valence-electron chi connectivity index (χ2n) is 7.71. The molecular formula is C22H36N2O5S. The van der Waals surface area contributed by atoms with Crippen LogP contribution in [0, 0.1) is 5.92 Å². The van der Waals surface area contributed by atoms with Gasteiger partial charge in [-0.2, -0.15) is 0 Å². The number of sulfonamides is 1. The van der Waals surface area contributed by atoms with E-state index < -0.39 is 10.0 Å². The smallest absolute Gasteiger partial charge is 0.223 e. The lowest BCUT2D eigenvalue weighted by molar-refractivity contribution is -0.126. The fourth-order valence-corrected chi connectivity index (χ4v) is 4.58. The molecule has 1 aromatic rings. The summed E-state index contributed by atoms with van der Waals surface area (Å²) in [4.78, 5) is 12.7. The van der Waals surface area contributed by atoms with Gasteiger partial charge in [0, 0.05) is 19.0 Å². The fourth-order valence-electron chi connectivity index (χ4n) is 3.44. The van der Waals surface area contributed by atoms with E-state index in [0.717, 1.165) is 24.2 Å². The average molecular weight is 441 g/mol. The molecule has 0 saturated carbocycles. The predicted molar refractivity (Wildman–Crippen MR) is 118 cm³/mol. The van der Waals surface area contributed by atoms with Crippen LogP contribution < -0.4 is 14.8 Å². The van der Waals surface area contributed by atoms with Crippen molar-refractivity contribution in [1.82, 2.24) is 9.62 Å². The topological polar surface area (TPSA) is 84.9 Å². The summed E-state index contributed by atoms with van der Waals surface area (Å²) in [7, 11) is -3.18. The van der Waals surface area contributed by atoms with Crippen LogP contribution in [0.2, 0.25) is 0 Å². The van der Waals surface area contributed by atoms with E-state index in [1.54, 1.807) is 6.92 Å². The van der Waals surface area contributed by atoms with Crippen LogP contribution in [-0.2, 0) is 14.8 Å². The van der Waals surface area contributed by atoms with Crippen LogP contribution in [0.3, 0.4) is 0 Å². The van der Waals surface area contributed by atoms with Crippen LogP contribution in [0.5, 0.6) is 11.5 Å². The number of nitrogens with one attached hydrogen (secondary N) is 1. The van der Waals surface area contributed by atoms with Gasteiger partial charge in [-0.15, -0.1) is 0 Å². The molecule has 1 fully saturated rings. The lowest BCUT2D eigenvalue weighted by atomic mass is 9.96. The maximum Gasteiger partial charge on any atom is 0.223 e. The van der Waals surface area contributed by atoms with Crippen LogP contribution in [0.1, 0.15) is 65.0 Å². The van der Waals surface area contributed by atoms with Crippen molar-refractivity contribution in [3.63, 3.8) is 0 Å². The molecule has 1 atom stereocenters. The van der Waals surface area contributed by atoms with E-state index in [2.05, 4.69) is 19.2 Å². The molecule has 1 aliphatic heterocycles. The van der Waals surface area contributed by atoms with E-state index in [1.807, 2.05) is 25.1 Å². The van der Waals surface area contributed by atoms with E-state index in [4.69, 9.17) is 9.47 Å². The molecule has 0 aliphatic carbocycles. The highest BCUT2D eigenvalue weighted by Crippen LogP contribution is 2.31. The normalized spacial score (nSPS) is 16.8. The van der Waals surface area contributed by atoms with Crippen molar-refractivity contribution in [3.8, 4) is 11.5 Å². The SMILES string of the molecule is CCCOc1ccc(C(C)NC(=O)C2CCN(S(=O)(=O)CC)CC2)cc1OCCC. The van der Waals surface area contributed by atoms with Crippen molar-refractivity contribution in [2.24, 2.45) is 5.92 Å². The highest BCUT2D eigenvalue weighted by atomic mass is 32.2. The lowest BCUT2D eigenvalue weighted by Gasteiger charge is -2.31. The second-order valence-corrected chi connectivity index (χ2v) is 9.96. The third-order valence-electron chi connectivity index (χ3n) is 5.33.